The van der Waals surface area contributed by atoms with E-state index in [4.69, 9.17) is 9.72 Å². The van der Waals surface area contributed by atoms with Crippen LogP contribution < -0.4 is 14.5 Å². The van der Waals surface area contributed by atoms with E-state index < -0.39 is 0 Å². The summed E-state index contributed by atoms with van der Waals surface area (Å²) in [6.07, 6.45) is 5.65. The van der Waals surface area contributed by atoms with E-state index in [0.29, 0.717) is 17.4 Å². The first-order chi connectivity index (χ1) is 24.1. The number of para-hydroxylation sites is 1. The first kappa shape index (κ1) is 34.5. The molecule has 0 unspecified atom stereocenters. The predicted molar refractivity (Wildman–Crippen MR) is 204 cm³/mol. The van der Waals surface area contributed by atoms with E-state index >= 15 is 0 Å². The molecule has 6 nitrogen and oxygen atoms in total. The molecule has 4 heterocycles. The van der Waals surface area contributed by atoms with Gasteiger partial charge >= 0.3 is 0 Å². The van der Waals surface area contributed by atoms with Gasteiger partial charge in [0, 0.05) is 68.0 Å². The molecule has 0 radical (unpaired) electrons. The van der Waals surface area contributed by atoms with Gasteiger partial charge in [0.2, 0.25) is 0 Å². The Balaban J connectivity index is 0.00000406. The summed E-state index contributed by atoms with van der Waals surface area (Å²) >= 11 is 0. The number of aromatic nitrogens is 3. The molecule has 0 N–H and O–H groups in total. The quantitative estimate of drug-likeness (QED) is 0.156. The zero-order valence-corrected chi connectivity index (χ0v) is 32.2. The van der Waals surface area contributed by atoms with Crippen molar-refractivity contribution in [2.75, 3.05) is 9.80 Å². The molecule has 0 bridgehead atoms. The third-order valence-electron chi connectivity index (χ3n) is 9.58. The molecular formula is C44H40N5OPt-3. The minimum Gasteiger partial charge on any atom is -0.509 e. The molecule has 51 heavy (non-hydrogen) atoms. The fourth-order valence-electron chi connectivity index (χ4n) is 7.01. The van der Waals surface area contributed by atoms with E-state index in [0.717, 1.165) is 44.7 Å². The number of nitrogens with zero attached hydrogens (tertiary/aromatic N) is 5. The number of hydrogen-bond donors (Lipinski definition) is 0. The van der Waals surface area contributed by atoms with Crippen molar-refractivity contribution in [1.29, 1.82) is 0 Å². The monoisotopic (exact) mass is 849 g/mol. The van der Waals surface area contributed by atoms with Gasteiger partial charge in [0.1, 0.15) is 5.82 Å². The Bertz CT molecular complexity index is 2380. The number of benzene rings is 4. The summed E-state index contributed by atoms with van der Waals surface area (Å²) < 4.78 is 8.69. The van der Waals surface area contributed by atoms with Gasteiger partial charge in [-0.3, -0.25) is 4.98 Å². The zero-order valence-electron chi connectivity index (χ0n) is 29.9. The second-order valence-corrected chi connectivity index (χ2v) is 14.5. The van der Waals surface area contributed by atoms with Crippen LogP contribution in [0.1, 0.15) is 62.8 Å². The largest absolute Gasteiger partial charge is 0.509 e. The summed E-state index contributed by atoms with van der Waals surface area (Å²) in [5.41, 5.74) is 11.1. The van der Waals surface area contributed by atoms with Crippen molar-refractivity contribution >= 4 is 44.6 Å². The number of ether oxygens (including phenoxy) is 1. The van der Waals surface area contributed by atoms with Crippen LogP contribution in [-0.2, 0) is 26.5 Å². The topological polar surface area (TPSA) is 46.4 Å². The van der Waals surface area contributed by atoms with E-state index in [-0.39, 0.29) is 26.5 Å². The van der Waals surface area contributed by atoms with Gasteiger partial charge in [-0.25, -0.2) is 4.98 Å². The average Bonchev–Trinajstić information content (AvgIpc) is 3.64. The number of anilines is 4. The van der Waals surface area contributed by atoms with Crippen molar-refractivity contribution < 1.29 is 25.8 Å². The Morgan fingerprint density at radius 3 is 2.29 bits per heavy atom. The molecule has 0 saturated carbocycles. The molecule has 3 aromatic heterocycles. The molecule has 0 saturated heterocycles. The van der Waals surface area contributed by atoms with Gasteiger partial charge in [-0.1, -0.05) is 70.5 Å². The SMILES string of the molecule is Cc1cc(C(C)C)cc(C)c1N1[CH-]N(c2[c-]c(Oc3[c-]c4c(cc3)c3ccccc3n4-c3cc(C(C)(C)C)ccn3)ccc2)c2cnccc21.[Pt]. The summed E-state index contributed by atoms with van der Waals surface area (Å²) in [7, 11) is 0. The standard InChI is InChI=1S/C44H40N5O.Pt/c1-28(2)31-21-29(3)43(30(4)22-31)48-27-47(41-26-45-19-18-39(41)48)33-11-10-12-34(24-33)50-35-15-16-37-36-13-8-9-14-38(36)49(40(37)25-35)42-23-32(17-20-46-42)44(5,6)7;/h8-23,26-28H,1-7H3;/q-3;. The van der Waals surface area contributed by atoms with E-state index in [1.807, 2.05) is 42.9 Å². The number of fused-ring (bicyclic) bond motifs is 4. The zero-order chi connectivity index (χ0) is 34.7. The van der Waals surface area contributed by atoms with Gasteiger partial charge in [0.05, 0.1) is 5.69 Å². The number of pyridine rings is 2. The average molecular weight is 850 g/mol. The molecule has 7 aromatic rings. The van der Waals surface area contributed by atoms with Crippen molar-refractivity contribution in [3.63, 3.8) is 0 Å². The molecule has 0 fully saturated rings. The molecule has 8 rings (SSSR count). The molecule has 260 valence electrons. The van der Waals surface area contributed by atoms with Crippen molar-refractivity contribution in [1.82, 2.24) is 14.5 Å². The van der Waals surface area contributed by atoms with E-state index in [2.05, 4.69) is 147 Å². The maximum Gasteiger partial charge on any atom is 0.135 e. The van der Waals surface area contributed by atoms with Crippen molar-refractivity contribution in [3.8, 4) is 17.3 Å². The van der Waals surface area contributed by atoms with Gasteiger partial charge in [-0.05, 0) is 77.1 Å². The first-order valence-corrected chi connectivity index (χ1v) is 17.2. The normalized spacial score (nSPS) is 12.9. The van der Waals surface area contributed by atoms with Crippen LogP contribution in [0.15, 0.2) is 104 Å². The van der Waals surface area contributed by atoms with Crippen LogP contribution >= 0.6 is 0 Å². The molecule has 4 aromatic carbocycles. The van der Waals surface area contributed by atoms with Crippen LogP contribution in [0, 0.1) is 32.6 Å². The first-order valence-electron chi connectivity index (χ1n) is 17.2. The van der Waals surface area contributed by atoms with Crippen LogP contribution in [0.2, 0.25) is 0 Å². The molecule has 7 heteroatoms. The smallest absolute Gasteiger partial charge is 0.135 e. The third-order valence-corrected chi connectivity index (χ3v) is 9.58. The molecule has 1 aliphatic heterocycles. The number of hydrogen-bond acceptors (Lipinski definition) is 5. The maximum atomic E-state index is 6.51. The van der Waals surface area contributed by atoms with Crippen molar-refractivity contribution in [2.45, 2.75) is 59.8 Å². The Hall–Kier alpha value is -4.93. The Kier molecular flexibility index (Phi) is 9.01. The van der Waals surface area contributed by atoms with Crippen molar-refractivity contribution in [2.24, 2.45) is 0 Å². The van der Waals surface area contributed by atoms with Crippen LogP contribution in [0.25, 0.3) is 27.6 Å². The Labute approximate surface area is 315 Å². The van der Waals surface area contributed by atoms with Crippen LogP contribution in [-0.4, -0.2) is 14.5 Å². The Morgan fingerprint density at radius 1 is 0.765 bits per heavy atom. The second kappa shape index (κ2) is 13.3. The summed E-state index contributed by atoms with van der Waals surface area (Å²) in [5.74, 6) is 2.52. The molecule has 1 aliphatic rings. The fourth-order valence-corrected chi connectivity index (χ4v) is 7.01. The van der Waals surface area contributed by atoms with Gasteiger partial charge in [-0.2, -0.15) is 12.1 Å². The van der Waals surface area contributed by atoms with Crippen LogP contribution in [0.4, 0.5) is 22.7 Å². The fraction of sp³-hybridized carbons (Fsp3) is 0.205. The summed E-state index contributed by atoms with van der Waals surface area (Å²) in [6, 6.07) is 36.5. The molecule has 0 amide bonds. The van der Waals surface area contributed by atoms with Gasteiger partial charge in [-0.15, -0.1) is 48.1 Å². The second-order valence-electron chi connectivity index (χ2n) is 14.5. The van der Waals surface area contributed by atoms with E-state index in [1.165, 1.54) is 27.9 Å². The molecule has 0 spiro atoms. The van der Waals surface area contributed by atoms with E-state index in [9.17, 15) is 0 Å². The number of aryl methyl sites for hydroxylation is 2. The number of rotatable bonds is 6. The van der Waals surface area contributed by atoms with Crippen LogP contribution in [0.3, 0.4) is 0 Å². The predicted octanol–water partition coefficient (Wildman–Crippen LogP) is 11.4. The maximum absolute atomic E-state index is 6.51. The molecule has 0 atom stereocenters. The van der Waals surface area contributed by atoms with Gasteiger partial charge in [0.15, 0.2) is 0 Å². The Morgan fingerprint density at radius 2 is 1.53 bits per heavy atom. The van der Waals surface area contributed by atoms with Crippen molar-refractivity contribution in [3.05, 3.63) is 145 Å². The van der Waals surface area contributed by atoms with Gasteiger partial charge in [0.25, 0.3) is 0 Å². The minimum atomic E-state index is -0.00822. The van der Waals surface area contributed by atoms with Gasteiger partial charge < -0.3 is 19.1 Å². The summed E-state index contributed by atoms with van der Waals surface area (Å²) in [6.45, 7) is 17.6. The summed E-state index contributed by atoms with van der Waals surface area (Å²) in [5, 5.41) is 2.24. The molecule has 0 aliphatic carbocycles. The van der Waals surface area contributed by atoms with Crippen LogP contribution in [0.5, 0.6) is 11.5 Å². The van der Waals surface area contributed by atoms with E-state index in [1.54, 1.807) is 0 Å². The summed E-state index contributed by atoms with van der Waals surface area (Å²) in [4.78, 5) is 13.7. The molecular weight excluding hydrogens is 810 g/mol. The minimum absolute atomic E-state index is 0. The third kappa shape index (κ3) is 6.21.